The highest BCUT2D eigenvalue weighted by atomic mass is 32.1. The van der Waals surface area contributed by atoms with Crippen LogP contribution in [0.15, 0.2) is 11.6 Å². The van der Waals surface area contributed by atoms with Gasteiger partial charge in [0, 0.05) is 24.7 Å². The molecule has 18 heavy (non-hydrogen) atoms. The first-order chi connectivity index (χ1) is 8.66. The lowest BCUT2D eigenvalue weighted by atomic mass is 10.3. The van der Waals surface area contributed by atoms with Gasteiger partial charge in [0.25, 0.3) is 0 Å². The Morgan fingerprint density at radius 2 is 2.17 bits per heavy atom. The summed E-state index contributed by atoms with van der Waals surface area (Å²) in [5, 5.41) is 7.50. The maximum Gasteiger partial charge on any atom is 0.321 e. The molecule has 0 radical (unpaired) electrons. The van der Waals surface area contributed by atoms with E-state index in [-0.39, 0.29) is 5.91 Å². The third-order valence-corrected chi connectivity index (χ3v) is 3.48. The Labute approximate surface area is 109 Å². The summed E-state index contributed by atoms with van der Waals surface area (Å²) in [6, 6.07) is -0.909. The zero-order valence-electron chi connectivity index (χ0n) is 10.2. The van der Waals surface area contributed by atoms with Gasteiger partial charge in [-0.3, -0.25) is 10.1 Å². The Balaban J connectivity index is 1.81. The number of carbonyl (C=O) groups is 2. The first kappa shape index (κ1) is 12.8. The molecule has 1 aromatic heterocycles. The van der Waals surface area contributed by atoms with Gasteiger partial charge in [-0.05, 0) is 19.8 Å². The van der Waals surface area contributed by atoms with Gasteiger partial charge in [-0.25, -0.2) is 9.78 Å². The number of hydrogen-bond acceptors (Lipinski definition) is 4. The van der Waals surface area contributed by atoms with Gasteiger partial charge in [-0.1, -0.05) is 0 Å². The molecule has 6 nitrogen and oxygen atoms in total. The van der Waals surface area contributed by atoms with Crippen molar-refractivity contribution in [1.29, 1.82) is 0 Å². The van der Waals surface area contributed by atoms with Gasteiger partial charge in [0.2, 0.25) is 5.91 Å². The zero-order valence-corrected chi connectivity index (χ0v) is 11.0. The van der Waals surface area contributed by atoms with Gasteiger partial charge in [-0.15, -0.1) is 11.3 Å². The number of nitrogens with one attached hydrogen (secondary N) is 2. The van der Waals surface area contributed by atoms with E-state index >= 15 is 0 Å². The summed E-state index contributed by atoms with van der Waals surface area (Å²) in [7, 11) is 0. The Kier molecular flexibility index (Phi) is 4.14. The van der Waals surface area contributed by atoms with Crippen LogP contribution in [-0.2, 0) is 4.79 Å². The van der Waals surface area contributed by atoms with Crippen LogP contribution in [0.25, 0.3) is 0 Å². The molecule has 1 aliphatic rings. The Morgan fingerprint density at radius 1 is 1.44 bits per heavy atom. The maximum atomic E-state index is 12.0. The third kappa shape index (κ3) is 3.19. The van der Waals surface area contributed by atoms with Crippen LogP contribution in [0.3, 0.4) is 0 Å². The molecule has 7 heteroatoms. The SMILES string of the molecule is C[C@H](NC(=O)Nc1nccs1)C(=O)N1CCCC1. The molecule has 1 saturated heterocycles. The number of nitrogens with zero attached hydrogens (tertiary/aromatic N) is 2. The fourth-order valence-corrected chi connectivity index (χ4v) is 2.41. The molecule has 1 atom stereocenters. The fraction of sp³-hybridized carbons (Fsp3) is 0.545. The molecule has 1 aromatic rings. The summed E-state index contributed by atoms with van der Waals surface area (Å²) in [5.74, 6) is -0.0261. The van der Waals surface area contributed by atoms with Crippen molar-refractivity contribution in [3.63, 3.8) is 0 Å². The Hall–Kier alpha value is -1.63. The maximum absolute atomic E-state index is 12.0. The number of aromatic nitrogens is 1. The first-order valence-corrected chi connectivity index (χ1v) is 6.80. The quantitative estimate of drug-likeness (QED) is 0.867. The minimum atomic E-state index is -0.511. The van der Waals surface area contributed by atoms with E-state index in [1.807, 2.05) is 0 Å². The third-order valence-electron chi connectivity index (χ3n) is 2.79. The second-order valence-electron chi connectivity index (χ2n) is 4.19. The highest BCUT2D eigenvalue weighted by Gasteiger charge is 2.24. The van der Waals surface area contributed by atoms with Crippen molar-refractivity contribution in [2.45, 2.75) is 25.8 Å². The molecule has 0 aliphatic carbocycles. The second kappa shape index (κ2) is 5.81. The predicted octanol–water partition coefficient (Wildman–Crippen LogP) is 1.28. The topological polar surface area (TPSA) is 74.3 Å². The van der Waals surface area contributed by atoms with E-state index < -0.39 is 12.1 Å². The van der Waals surface area contributed by atoms with E-state index in [9.17, 15) is 9.59 Å². The number of anilines is 1. The van der Waals surface area contributed by atoms with Crippen LogP contribution >= 0.6 is 11.3 Å². The number of thiazole rings is 1. The molecule has 3 amide bonds. The molecular formula is C11H16N4O2S. The number of urea groups is 1. The van der Waals surface area contributed by atoms with E-state index in [0.717, 1.165) is 25.9 Å². The molecular weight excluding hydrogens is 252 g/mol. The highest BCUT2D eigenvalue weighted by Crippen LogP contribution is 2.11. The van der Waals surface area contributed by atoms with Crippen molar-refractivity contribution < 1.29 is 9.59 Å². The van der Waals surface area contributed by atoms with Crippen LogP contribution in [0.5, 0.6) is 0 Å². The van der Waals surface area contributed by atoms with Gasteiger partial charge in [0.05, 0.1) is 0 Å². The van der Waals surface area contributed by atoms with E-state index in [2.05, 4.69) is 15.6 Å². The van der Waals surface area contributed by atoms with Gasteiger partial charge in [0.1, 0.15) is 6.04 Å². The van der Waals surface area contributed by atoms with Crippen molar-refractivity contribution >= 4 is 28.4 Å². The molecule has 0 spiro atoms. The van der Waals surface area contributed by atoms with Crippen LogP contribution in [0, 0.1) is 0 Å². The lowest BCUT2D eigenvalue weighted by Gasteiger charge is -2.20. The molecule has 1 fully saturated rings. The van der Waals surface area contributed by atoms with Crippen molar-refractivity contribution in [3.05, 3.63) is 11.6 Å². The summed E-state index contributed by atoms with van der Waals surface area (Å²) in [6.07, 6.45) is 3.70. The number of amides is 3. The van der Waals surface area contributed by atoms with Crippen molar-refractivity contribution in [1.82, 2.24) is 15.2 Å². The summed E-state index contributed by atoms with van der Waals surface area (Å²) in [6.45, 7) is 3.28. The van der Waals surface area contributed by atoms with E-state index in [4.69, 9.17) is 0 Å². The molecule has 98 valence electrons. The van der Waals surface area contributed by atoms with Crippen molar-refractivity contribution in [2.75, 3.05) is 18.4 Å². The van der Waals surface area contributed by atoms with Crippen LogP contribution < -0.4 is 10.6 Å². The number of carbonyl (C=O) groups excluding carboxylic acids is 2. The fourth-order valence-electron chi connectivity index (χ4n) is 1.89. The van der Waals surface area contributed by atoms with Gasteiger partial charge >= 0.3 is 6.03 Å². The van der Waals surface area contributed by atoms with Crippen molar-refractivity contribution in [3.8, 4) is 0 Å². The second-order valence-corrected chi connectivity index (χ2v) is 5.08. The molecule has 2 N–H and O–H groups in total. The van der Waals surface area contributed by atoms with E-state index in [1.165, 1.54) is 11.3 Å². The number of likely N-dealkylation sites (tertiary alicyclic amines) is 1. The van der Waals surface area contributed by atoms with E-state index in [0.29, 0.717) is 5.13 Å². The van der Waals surface area contributed by atoms with Crippen LogP contribution in [0.2, 0.25) is 0 Å². The van der Waals surface area contributed by atoms with Gasteiger partial charge < -0.3 is 10.2 Å². The summed E-state index contributed by atoms with van der Waals surface area (Å²) < 4.78 is 0. The largest absolute Gasteiger partial charge is 0.341 e. The minimum absolute atomic E-state index is 0.0261. The summed E-state index contributed by atoms with van der Waals surface area (Å²) in [5.41, 5.74) is 0. The van der Waals surface area contributed by atoms with Crippen LogP contribution in [0.1, 0.15) is 19.8 Å². The molecule has 0 bridgehead atoms. The zero-order chi connectivity index (χ0) is 13.0. The highest BCUT2D eigenvalue weighted by molar-refractivity contribution is 7.13. The molecule has 1 aliphatic heterocycles. The summed E-state index contributed by atoms with van der Waals surface area (Å²) >= 11 is 1.33. The van der Waals surface area contributed by atoms with E-state index in [1.54, 1.807) is 23.4 Å². The lowest BCUT2D eigenvalue weighted by Crippen LogP contribution is -2.47. The average molecular weight is 268 g/mol. The Morgan fingerprint density at radius 3 is 2.78 bits per heavy atom. The van der Waals surface area contributed by atoms with Gasteiger partial charge in [0.15, 0.2) is 5.13 Å². The molecule has 0 unspecified atom stereocenters. The van der Waals surface area contributed by atoms with Crippen LogP contribution in [0.4, 0.5) is 9.93 Å². The molecule has 2 rings (SSSR count). The predicted molar refractivity (Wildman–Crippen MR) is 69.5 cm³/mol. The minimum Gasteiger partial charge on any atom is -0.341 e. The summed E-state index contributed by atoms with van der Waals surface area (Å²) in [4.78, 5) is 29.3. The normalized spacial score (nSPS) is 16.4. The number of hydrogen-bond donors (Lipinski definition) is 2. The van der Waals surface area contributed by atoms with Gasteiger partial charge in [-0.2, -0.15) is 0 Å². The molecule has 0 aromatic carbocycles. The molecule has 2 heterocycles. The monoisotopic (exact) mass is 268 g/mol. The standard InChI is InChI=1S/C11H16N4O2S/c1-8(9(16)15-5-2-3-6-15)13-10(17)14-11-12-4-7-18-11/h4,7-8H,2-3,5-6H2,1H3,(H2,12,13,14,17)/t8-/m0/s1. The smallest absolute Gasteiger partial charge is 0.321 e. The average Bonchev–Trinajstić information content (AvgIpc) is 2.99. The lowest BCUT2D eigenvalue weighted by molar-refractivity contribution is -0.131. The Bertz CT molecular complexity index is 415. The molecule has 0 saturated carbocycles. The van der Waals surface area contributed by atoms with Crippen LogP contribution in [-0.4, -0.2) is 41.0 Å². The first-order valence-electron chi connectivity index (χ1n) is 5.92. The number of rotatable bonds is 3. The van der Waals surface area contributed by atoms with Crippen molar-refractivity contribution in [2.24, 2.45) is 0 Å².